The van der Waals surface area contributed by atoms with Crippen LogP contribution in [0.5, 0.6) is 40.2 Å². The van der Waals surface area contributed by atoms with Crippen LogP contribution in [0.1, 0.15) is 46.0 Å². The first kappa shape index (κ1) is 31.4. The third-order valence-electron chi connectivity index (χ3n) is 6.05. The van der Waals surface area contributed by atoms with Crippen LogP contribution in [0.25, 0.3) is 0 Å². The van der Waals surface area contributed by atoms with E-state index >= 15 is 0 Å². The van der Waals surface area contributed by atoms with Gasteiger partial charge in [0.05, 0.1) is 73.1 Å². The highest BCUT2D eigenvalue weighted by molar-refractivity contribution is 5.99. The first-order chi connectivity index (χ1) is 20.4. The number of carbonyl (C=O) groups is 1. The molecule has 220 valence electrons. The Balaban J connectivity index is 2.36. The standard InChI is InChI=1S/C33H34O9/c1-9-18-42-33(34)29-23(14-10-21-12-16-25(35-2)27(19-21)37-4)30(39-6)32(41-8)31(40-7)24(29)15-11-22-13-17-26(36-3)28(20-22)38-5/h12-13,16-17,19-20H,9,18H2,1-8H3. The van der Waals surface area contributed by atoms with E-state index in [-0.39, 0.29) is 40.5 Å². The maximum Gasteiger partial charge on any atom is 0.340 e. The first-order valence-corrected chi connectivity index (χ1v) is 12.9. The highest BCUT2D eigenvalue weighted by Gasteiger charge is 2.30. The number of hydrogen-bond acceptors (Lipinski definition) is 9. The van der Waals surface area contributed by atoms with Crippen LogP contribution in [0.15, 0.2) is 36.4 Å². The molecule has 0 bridgehead atoms. The number of carbonyl (C=O) groups excluding carboxylic acids is 1. The zero-order valence-corrected chi connectivity index (χ0v) is 25.1. The van der Waals surface area contributed by atoms with Crippen LogP contribution < -0.4 is 33.2 Å². The third kappa shape index (κ3) is 6.76. The molecule has 0 heterocycles. The third-order valence-corrected chi connectivity index (χ3v) is 6.05. The molecule has 9 nitrogen and oxygen atoms in total. The smallest absolute Gasteiger partial charge is 0.340 e. The quantitative estimate of drug-likeness (QED) is 0.242. The average molecular weight is 575 g/mol. The zero-order valence-electron chi connectivity index (χ0n) is 25.1. The van der Waals surface area contributed by atoms with E-state index in [1.165, 1.54) is 35.5 Å². The summed E-state index contributed by atoms with van der Waals surface area (Å²) in [5.74, 6) is 14.4. The van der Waals surface area contributed by atoms with Crippen molar-refractivity contribution in [2.24, 2.45) is 0 Å². The molecule has 42 heavy (non-hydrogen) atoms. The average Bonchev–Trinajstić information content (AvgIpc) is 3.03. The molecule has 3 rings (SSSR count). The predicted octanol–water partition coefficient (Wildman–Crippen LogP) is 5.11. The summed E-state index contributed by atoms with van der Waals surface area (Å²) in [5, 5.41) is 0. The lowest BCUT2D eigenvalue weighted by molar-refractivity contribution is 0.0503. The highest BCUT2D eigenvalue weighted by atomic mass is 16.5. The Morgan fingerprint density at radius 2 is 1.00 bits per heavy atom. The summed E-state index contributed by atoms with van der Waals surface area (Å²) < 4.78 is 44.1. The lowest BCUT2D eigenvalue weighted by atomic mass is 9.97. The molecule has 0 aliphatic carbocycles. The molecule has 3 aromatic carbocycles. The summed E-state index contributed by atoms with van der Waals surface area (Å²) >= 11 is 0. The fourth-order valence-corrected chi connectivity index (χ4v) is 4.06. The van der Waals surface area contributed by atoms with Gasteiger partial charge in [0.25, 0.3) is 0 Å². The van der Waals surface area contributed by atoms with Crippen LogP contribution in [0.3, 0.4) is 0 Å². The van der Waals surface area contributed by atoms with Crippen molar-refractivity contribution in [2.75, 3.05) is 56.4 Å². The van der Waals surface area contributed by atoms with Gasteiger partial charge in [-0.1, -0.05) is 30.6 Å². The molecule has 0 fully saturated rings. The van der Waals surface area contributed by atoms with Crippen LogP contribution in [-0.4, -0.2) is 62.3 Å². The summed E-state index contributed by atoms with van der Waals surface area (Å²) in [6, 6.07) is 10.5. The summed E-state index contributed by atoms with van der Waals surface area (Å²) in [5.41, 5.74) is 1.75. The van der Waals surface area contributed by atoms with Crippen LogP contribution in [0.2, 0.25) is 0 Å². The SMILES string of the molecule is CCCOC(=O)c1c(C#Cc2ccc(OC)c(OC)c2)c(OC)c(OC)c(OC)c1C#Cc1ccc(OC)c(OC)c1. The van der Waals surface area contributed by atoms with Crippen molar-refractivity contribution in [1.82, 2.24) is 0 Å². The largest absolute Gasteiger partial charge is 0.493 e. The fourth-order valence-electron chi connectivity index (χ4n) is 4.06. The van der Waals surface area contributed by atoms with E-state index in [4.69, 9.17) is 37.9 Å². The monoisotopic (exact) mass is 574 g/mol. The molecule has 0 atom stereocenters. The van der Waals surface area contributed by atoms with Crippen molar-refractivity contribution in [1.29, 1.82) is 0 Å². The lowest BCUT2D eigenvalue weighted by Crippen LogP contribution is -2.13. The van der Waals surface area contributed by atoms with Gasteiger partial charge in [-0.15, -0.1) is 0 Å². The van der Waals surface area contributed by atoms with E-state index in [1.807, 2.05) is 6.92 Å². The zero-order chi connectivity index (χ0) is 30.6. The van der Waals surface area contributed by atoms with Crippen LogP contribution in [0.4, 0.5) is 0 Å². The van der Waals surface area contributed by atoms with Gasteiger partial charge < -0.3 is 37.9 Å². The van der Waals surface area contributed by atoms with Gasteiger partial charge in [0.2, 0.25) is 5.75 Å². The fraction of sp³-hybridized carbons (Fsp3) is 0.303. The molecule has 0 aromatic heterocycles. The molecule has 0 radical (unpaired) electrons. The van der Waals surface area contributed by atoms with E-state index < -0.39 is 5.97 Å². The second kappa shape index (κ2) is 15.0. The van der Waals surface area contributed by atoms with Crippen molar-refractivity contribution < 1.29 is 42.7 Å². The molecule has 3 aromatic rings. The van der Waals surface area contributed by atoms with Crippen molar-refractivity contribution in [3.05, 3.63) is 64.2 Å². The molecular formula is C33H34O9. The predicted molar refractivity (Wildman–Crippen MR) is 158 cm³/mol. The molecule has 0 spiro atoms. The van der Waals surface area contributed by atoms with E-state index in [1.54, 1.807) is 50.6 Å². The van der Waals surface area contributed by atoms with Crippen molar-refractivity contribution in [2.45, 2.75) is 13.3 Å². The summed E-state index contributed by atoms with van der Waals surface area (Å²) in [6.07, 6.45) is 0.621. The maximum absolute atomic E-state index is 13.6. The molecule has 0 aliphatic rings. The molecule has 0 saturated carbocycles. The lowest BCUT2D eigenvalue weighted by Gasteiger charge is -2.19. The van der Waals surface area contributed by atoms with Gasteiger partial charge in [0.1, 0.15) is 0 Å². The Kier molecular flexibility index (Phi) is 11.2. The van der Waals surface area contributed by atoms with Crippen molar-refractivity contribution in [3.63, 3.8) is 0 Å². The van der Waals surface area contributed by atoms with Gasteiger partial charge in [-0.2, -0.15) is 0 Å². The second-order valence-corrected chi connectivity index (χ2v) is 8.50. The summed E-state index contributed by atoms with van der Waals surface area (Å²) in [4.78, 5) is 13.6. The Hall–Kier alpha value is -5.15. The topological polar surface area (TPSA) is 90.9 Å². The van der Waals surface area contributed by atoms with Crippen molar-refractivity contribution >= 4 is 5.97 Å². The van der Waals surface area contributed by atoms with Gasteiger partial charge in [0, 0.05) is 11.1 Å². The number of rotatable bonds is 10. The maximum atomic E-state index is 13.6. The van der Waals surface area contributed by atoms with Crippen molar-refractivity contribution in [3.8, 4) is 63.9 Å². The Morgan fingerprint density at radius 1 is 0.571 bits per heavy atom. The minimum atomic E-state index is -0.635. The van der Waals surface area contributed by atoms with E-state index in [0.717, 1.165) is 0 Å². The number of esters is 1. The number of benzene rings is 3. The number of methoxy groups -OCH3 is 7. The molecule has 9 heteroatoms. The molecule has 0 N–H and O–H groups in total. The Bertz CT molecular complexity index is 1450. The Morgan fingerprint density at radius 3 is 1.36 bits per heavy atom. The van der Waals surface area contributed by atoms with Crippen LogP contribution in [0, 0.1) is 23.7 Å². The highest BCUT2D eigenvalue weighted by Crippen LogP contribution is 2.45. The summed E-state index contributed by atoms with van der Waals surface area (Å²) in [6.45, 7) is 2.10. The minimum absolute atomic E-state index is 0.0823. The van der Waals surface area contributed by atoms with E-state index in [9.17, 15) is 4.79 Å². The molecule has 0 unspecified atom stereocenters. The van der Waals surface area contributed by atoms with Crippen LogP contribution in [-0.2, 0) is 4.74 Å². The number of ether oxygens (including phenoxy) is 8. The van der Waals surface area contributed by atoms with Gasteiger partial charge in [-0.05, 0) is 42.8 Å². The minimum Gasteiger partial charge on any atom is -0.493 e. The van der Waals surface area contributed by atoms with Gasteiger partial charge >= 0.3 is 5.97 Å². The Labute approximate surface area is 246 Å². The normalized spacial score (nSPS) is 9.81. The number of hydrogen-bond donors (Lipinski definition) is 0. The van der Waals surface area contributed by atoms with E-state index in [2.05, 4.69) is 23.7 Å². The molecular weight excluding hydrogens is 540 g/mol. The molecule has 0 amide bonds. The first-order valence-electron chi connectivity index (χ1n) is 12.9. The molecule has 0 saturated heterocycles. The summed E-state index contributed by atoms with van der Waals surface area (Å²) in [7, 11) is 10.6. The van der Waals surface area contributed by atoms with Gasteiger partial charge in [-0.25, -0.2) is 4.79 Å². The van der Waals surface area contributed by atoms with Crippen LogP contribution >= 0.6 is 0 Å². The second-order valence-electron chi connectivity index (χ2n) is 8.50. The van der Waals surface area contributed by atoms with Gasteiger partial charge in [0.15, 0.2) is 34.5 Å². The van der Waals surface area contributed by atoms with Gasteiger partial charge in [-0.3, -0.25) is 0 Å². The molecule has 0 aliphatic heterocycles. The van der Waals surface area contributed by atoms with E-state index in [0.29, 0.717) is 40.5 Å².